The number of rotatable bonds is 9. The van der Waals surface area contributed by atoms with Crippen LogP contribution in [-0.2, 0) is 19.2 Å². The van der Waals surface area contributed by atoms with E-state index in [1.807, 2.05) is 0 Å². The van der Waals surface area contributed by atoms with Crippen molar-refractivity contribution in [3.63, 3.8) is 0 Å². The summed E-state index contributed by atoms with van der Waals surface area (Å²) < 4.78 is 0. The molecule has 0 bridgehead atoms. The number of carbonyl (C=O) groups excluding carboxylic acids is 2. The predicted octanol–water partition coefficient (Wildman–Crippen LogP) is -1.28. The maximum absolute atomic E-state index is 11.5. The van der Waals surface area contributed by atoms with Gasteiger partial charge in [-0.15, -0.1) is 0 Å². The zero-order chi connectivity index (χ0) is 15.2. The molecule has 0 aliphatic heterocycles. The Labute approximate surface area is 116 Å². The van der Waals surface area contributed by atoms with Gasteiger partial charge < -0.3 is 21.7 Å². The largest absolute Gasteiger partial charge is 0.480 e. The van der Waals surface area contributed by atoms with Crippen LogP contribution in [0.25, 0.3) is 0 Å². The van der Waals surface area contributed by atoms with Gasteiger partial charge in [0.1, 0.15) is 17.3 Å². The summed E-state index contributed by atoms with van der Waals surface area (Å²) in [6.45, 7) is 1.01. The highest BCUT2D eigenvalue weighted by Crippen LogP contribution is 2.29. The summed E-state index contributed by atoms with van der Waals surface area (Å²) in [5, 5.41) is 16.0. The Morgan fingerprint density at radius 1 is 1.11 bits per heavy atom. The molecule has 108 valence electrons. The van der Waals surface area contributed by atoms with E-state index >= 15 is 0 Å². The van der Waals surface area contributed by atoms with Crippen LogP contribution in [0.2, 0.25) is 0 Å². The average molecular weight is 310 g/mol. The molecule has 0 spiro atoms. The highest BCUT2D eigenvalue weighted by atomic mass is 33.1. The topological polar surface area (TPSA) is 161 Å². The van der Waals surface area contributed by atoms with Crippen molar-refractivity contribution in [3.8, 4) is 0 Å². The lowest BCUT2D eigenvalue weighted by Crippen LogP contribution is -2.46. The molecular weight excluding hydrogens is 296 g/mol. The molecule has 0 aromatic heterocycles. The number of aliphatic carboxylic acids is 2. The van der Waals surface area contributed by atoms with E-state index in [1.54, 1.807) is 0 Å². The molecule has 0 aliphatic carbocycles. The van der Waals surface area contributed by atoms with Crippen molar-refractivity contribution in [2.24, 2.45) is 11.5 Å². The predicted molar refractivity (Wildman–Crippen MR) is 70.7 cm³/mol. The molecule has 6 N–H and O–H groups in total. The van der Waals surface area contributed by atoms with Crippen LogP contribution in [0.1, 0.15) is 6.92 Å². The fourth-order valence-corrected chi connectivity index (χ4v) is 3.59. The van der Waals surface area contributed by atoms with E-state index in [1.165, 1.54) is 0 Å². The minimum atomic E-state index is -1.55. The summed E-state index contributed by atoms with van der Waals surface area (Å²) in [5.41, 5.74) is 10.6. The molecule has 0 saturated heterocycles. The number of nitrogens with two attached hydrogens (primary N) is 2. The third kappa shape index (κ3) is 6.05. The molecule has 3 atom stereocenters. The molecular formula is C9H14N2O6S2. The number of carboxylic acids is 2. The van der Waals surface area contributed by atoms with E-state index in [0.717, 1.165) is 28.5 Å². The standard InChI is InChI=1S/C9H14N2O6S2/c1-3(12)6(13)7(5(11)9(16)17)19-18-2-4(10)8(14)15/h4-5,7H,2,10-11H2,1H3,(H,14,15)(H,16,17)/t4-,5-,7?/m0/s1. The Kier molecular flexibility index (Phi) is 7.68. The van der Waals surface area contributed by atoms with Gasteiger partial charge in [-0.25, -0.2) is 0 Å². The number of Topliss-reactive ketones (excluding diaryl/α,β-unsaturated/α-hetero) is 2. The van der Waals surface area contributed by atoms with Gasteiger partial charge in [0.2, 0.25) is 5.78 Å². The Morgan fingerprint density at radius 3 is 2.00 bits per heavy atom. The zero-order valence-corrected chi connectivity index (χ0v) is 11.6. The summed E-state index contributed by atoms with van der Waals surface area (Å²) in [7, 11) is 1.62. The maximum Gasteiger partial charge on any atom is 0.322 e. The molecule has 10 heteroatoms. The Bertz CT molecular complexity index is 389. The fourth-order valence-electron chi connectivity index (χ4n) is 0.854. The maximum atomic E-state index is 11.5. The SMILES string of the molecule is CC(=O)C(=O)C(SSC[C@H](N)C(=O)O)[C@H](N)C(=O)O. The van der Waals surface area contributed by atoms with Gasteiger partial charge in [0.25, 0.3) is 0 Å². The van der Waals surface area contributed by atoms with Crippen LogP contribution in [0.15, 0.2) is 0 Å². The van der Waals surface area contributed by atoms with Crippen molar-refractivity contribution in [2.75, 3.05) is 5.75 Å². The van der Waals surface area contributed by atoms with Gasteiger partial charge in [-0.05, 0) is 0 Å². The normalized spacial score (nSPS) is 15.3. The highest BCUT2D eigenvalue weighted by molar-refractivity contribution is 8.77. The van der Waals surface area contributed by atoms with E-state index in [4.69, 9.17) is 21.7 Å². The fraction of sp³-hybridized carbons (Fsp3) is 0.556. The van der Waals surface area contributed by atoms with E-state index < -0.39 is 40.8 Å². The lowest BCUT2D eigenvalue weighted by Gasteiger charge is -2.17. The van der Waals surface area contributed by atoms with Crippen LogP contribution in [0, 0.1) is 0 Å². The van der Waals surface area contributed by atoms with Crippen LogP contribution < -0.4 is 11.5 Å². The zero-order valence-electron chi connectivity index (χ0n) is 9.94. The van der Waals surface area contributed by atoms with Crippen LogP contribution >= 0.6 is 21.6 Å². The summed E-state index contributed by atoms with van der Waals surface area (Å²) in [6, 6.07) is -2.69. The van der Waals surface area contributed by atoms with Crippen LogP contribution in [0.3, 0.4) is 0 Å². The van der Waals surface area contributed by atoms with Gasteiger partial charge in [-0.3, -0.25) is 19.2 Å². The van der Waals surface area contributed by atoms with Crippen molar-refractivity contribution in [1.82, 2.24) is 0 Å². The van der Waals surface area contributed by atoms with Gasteiger partial charge in [-0.2, -0.15) is 0 Å². The molecule has 8 nitrogen and oxygen atoms in total. The number of ketones is 2. The summed E-state index contributed by atoms with van der Waals surface area (Å²) >= 11 is 0. The van der Waals surface area contributed by atoms with E-state index in [2.05, 4.69) is 0 Å². The van der Waals surface area contributed by atoms with Crippen LogP contribution in [0.4, 0.5) is 0 Å². The van der Waals surface area contributed by atoms with Crippen molar-refractivity contribution in [1.29, 1.82) is 0 Å². The second-order valence-electron chi connectivity index (χ2n) is 3.53. The van der Waals surface area contributed by atoms with Crippen molar-refractivity contribution in [2.45, 2.75) is 24.3 Å². The molecule has 0 rings (SSSR count). The van der Waals surface area contributed by atoms with Crippen molar-refractivity contribution >= 4 is 45.1 Å². The summed E-state index contributed by atoms with van der Waals surface area (Å²) in [5.74, 6) is -4.41. The first-order chi connectivity index (χ1) is 8.68. The van der Waals surface area contributed by atoms with Crippen LogP contribution in [0.5, 0.6) is 0 Å². The third-order valence-corrected chi connectivity index (χ3v) is 4.74. The molecule has 0 saturated carbocycles. The van der Waals surface area contributed by atoms with Gasteiger partial charge in [0, 0.05) is 12.7 Å². The third-order valence-electron chi connectivity index (χ3n) is 1.95. The lowest BCUT2D eigenvalue weighted by atomic mass is 10.1. The highest BCUT2D eigenvalue weighted by Gasteiger charge is 2.34. The first-order valence-electron chi connectivity index (χ1n) is 4.98. The second kappa shape index (κ2) is 8.15. The number of carbonyl (C=O) groups is 4. The first kappa shape index (κ1) is 17.9. The van der Waals surface area contributed by atoms with Gasteiger partial charge in [0.05, 0.1) is 0 Å². The summed E-state index contributed by atoms with van der Waals surface area (Å²) in [6.07, 6.45) is 0. The number of hydrogen-bond acceptors (Lipinski definition) is 8. The molecule has 0 aromatic rings. The van der Waals surface area contributed by atoms with Crippen molar-refractivity contribution < 1.29 is 29.4 Å². The number of carboxylic acid groups (broad SMARTS) is 2. The Morgan fingerprint density at radius 2 is 1.63 bits per heavy atom. The molecule has 0 radical (unpaired) electrons. The molecule has 0 fully saturated rings. The van der Waals surface area contributed by atoms with Gasteiger partial charge >= 0.3 is 11.9 Å². The molecule has 0 aromatic carbocycles. The Hall–Kier alpha value is -1.10. The molecule has 0 amide bonds. The van der Waals surface area contributed by atoms with E-state index in [-0.39, 0.29) is 5.75 Å². The smallest absolute Gasteiger partial charge is 0.322 e. The minimum absolute atomic E-state index is 0.0476. The molecule has 0 heterocycles. The molecule has 1 unspecified atom stereocenters. The first-order valence-corrected chi connectivity index (χ1v) is 7.36. The van der Waals surface area contributed by atoms with E-state index in [0.29, 0.717) is 0 Å². The van der Waals surface area contributed by atoms with Gasteiger partial charge in [-0.1, -0.05) is 21.6 Å². The second-order valence-corrected chi connectivity index (χ2v) is 6.08. The van der Waals surface area contributed by atoms with E-state index in [9.17, 15) is 19.2 Å². The number of hydrogen-bond donors (Lipinski definition) is 4. The van der Waals surface area contributed by atoms with Crippen molar-refractivity contribution in [3.05, 3.63) is 0 Å². The molecule has 19 heavy (non-hydrogen) atoms. The summed E-state index contributed by atoms with van der Waals surface area (Å²) in [4.78, 5) is 43.7. The monoisotopic (exact) mass is 310 g/mol. The lowest BCUT2D eigenvalue weighted by molar-refractivity contribution is -0.141. The van der Waals surface area contributed by atoms with Gasteiger partial charge in [0.15, 0.2) is 5.78 Å². The average Bonchev–Trinajstić information content (AvgIpc) is 2.32. The minimum Gasteiger partial charge on any atom is -0.480 e. The Balaban J connectivity index is 4.61. The van der Waals surface area contributed by atoms with Crippen LogP contribution in [-0.4, -0.2) is 56.8 Å². The molecule has 0 aliphatic rings. The quantitative estimate of drug-likeness (QED) is 0.298.